The van der Waals surface area contributed by atoms with Gasteiger partial charge in [-0.15, -0.1) is 0 Å². The van der Waals surface area contributed by atoms with Crippen LogP contribution < -0.4 is 4.74 Å². The van der Waals surface area contributed by atoms with Crippen LogP contribution in [0, 0.1) is 5.82 Å². The number of hydrogen-bond donors (Lipinski definition) is 5. The SMILES string of the molecule is COc1ccc(Cc2cc([C@@H]3OC(CO)(CO)[C@@H](O)[C@H](O)[C@@H]3O)ccc2F)cc1. The van der Waals surface area contributed by atoms with E-state index in [4.69, 9.17) is 9.47 Å². The summed E-state index contributed by atoms with van der Waals surface area (Å²) in [6.45, 7) is -1.55. The van der Waals surface area contributed by atoms with Crippen LogP contribution in [0.5, 0.6) is 5.75 Å². The fraction of sp³-hybridized carbons (Fsp3) is 0.429. The molecule has 8 heteroatoms. The number of rotatable bonds is 6. The Labute approximate surface area is 167 Å². The number of aliphatic hydroxyl groups is 5. The molecule has 1 saturated heterocycles. The molecule has 1 heterocycles. The molecule has 2 aromatic carbocycles. The van der Waals surface area contributed by atoms with E-state index in [0.717, 1.165) is 5.56 Å². The summed E-state index contributed by atoms with van der Waals surface area (Å²) in [6.07, 6.45) is -5.80. The maximum absolute atomic E-state index is 14.4. The average molecular weight is 408 g/mol. The van der Waals surface area contributed by atoms with Crippen molar-refractivity contribution in [1.29, 1.82) is 0 Å². The topological polar surface area (TPSA) is 120 Å². The van der Waals surface area contributed by atoms with Gasteiger partial charge in [-0.25, -0.2) is 4.39 Å². The smallest absolute Gasteiger partial charge is 0.143 e. The third-order valence-electron chi connectivity index (χ3n) is 5.37. The number of methoxy groups -OCH3 is 1. The molecule has 0 bridgehead atoms. The van der Waals surface area contributed by atoms with E-state index in [9.17, 15) is 29.9 Å². The van der Waals surface area contributed by atoms with Crippen LogP contribution >= 0.6 is 0 Å². The Morgan fingerprint density at radius 1 is 1.00 bits per heavy atom. The molecule has 2 aromatic rings. The first-order valence-electron chi connectivity index (χ1n) is 9.20. The molecule has 7 nitrogen and oxygen atoms in total. The van der Waals surface area contributed by atoms with Crippen molar-refractivity contribution >= 4 is 0 Å². The number of hydrogen-bond acceptors (Lipinski definition) is 7. The van der Waals surface area contributed by atoms with Crippen molar-refractivity contribution in [1.82, 2.24) is 0 Å². The third kappa shape index (κ3) is 4.13. The number of benzene rings is 2. The van der Waals surface area contributed by atoms with E-state index in [1.165, 1.54) is 18.2 Å². The van der Waals surface area contributed by atoms with Crippen LogP contribution in [0.3, 0.4) is 0 Å². The summed E-state index contributed by atoms with van der Waals surface area (Å²) in [4.78, 5) is 0. The van der Waals surface area contributed by atoms with Crippen molar-refractivity contribution in [2.45, 2.75) is 36.4 Å². The highest BCUT2D eigenvalue weighted by Crippen LogP contribution is 2.38. The van der Waals surface area contributed by atoms with Crippen LogP contribution in [0.15, 0.2) is 42.5 Å². The Kier molecular flexibility index (Phi) is 6.52. The zero-order chi connectivity index (χ0) is 21.2. The molecule has 3 rings (SSSR count). The predicted molar refractivity (Wildman–Crippen MR) is 101 cm³/mol. The van der Waals surface area contributed by atoms with Crippen LogP contribution in [-0.2, 0) is 11.2 Å². The lowest BCUT2D eigenvalue weighted by atomic mass is 9.83. The van der Waals surface area contributed by atoms with Crippen LogP contribution in [0.1, 0.15) is 22.8 Å². The monoisotopic (exact) mass is 408 g/mol. The quantitative estimate of drug-likeness (QED) is 0.466. The summed E-state index contributed by atoms with van der Waals surface area (Å²) in [7, 11) is 1.55. The Morgan fingerprint density at radius 2 is 1.66 bits per heavy atom. The van der Waals surface area contributed by atoms with Crippen molar-refractivity contribution in [3.8, 4) is 5.75 Å². The van der Waals surface area contributed by atoms with Crippen LogP contribution in [-0.4, -0.2) is 69.8 Å². The summed E-state index contributed by atoms with van der Waals surface area (Å²) in [5, 5.41) is 49.9. The van der Waals surface area contributed by atoms with Gasteiger partial charge in [0.05, 0.1) is 20.3 Å². The Morgan fingerprint density at radius 3 is 2.24 bits per heavy atom. The fourth-order valence-corrected chi connectivity index (χ4v) is 3.52. The standard InChI is InChI=1S/C21H25FO7/c1-28-15-5-2-12(3-6-15)8-14-9-13(4-7-16(14)22)19-17(25)18(26)20(27)21(10-23,11-24)29-19/h2-7,9,17-20,23-27H,8,10-11H2,1H3/t17-,18+,19-,20-/m0/s1. The third-order valence-corrected chi connectivity index (χ3v) is 5.37. The van der Waals surface area contributed by atoms with Gasteiger partial charge in [-0.2, -0.15) is 0 Å². The molecule has 0 aliphatic carbocycles. The molecular formula is C21H25FO7. The van der Waals surface area contributed by atoms with E-state index in [-0.39, 0.29) is 6.42 Å². The van der Waals surface area contributed by atoms with E-state index in [1.807, 2.05) is 0 Å². The molecule has 0 saturated carbocycles. The number of ether oxygens (including phenoxy) is 2. The molecule has 1 aliphatic rings. The van der Waals surface area contributed by atoms with Crippen molar-refractivity contribution in [2.75, 3.05) is 20.3 Å². The van der Waals surface area contributed by atoms with Crippen molar-refractivity contribution in [3.05, 3.63) is 65.0 Å². The van der Waals surface area contributed by atoms with Crippen LogP contribution in [0.2, 0.25) is 0 Å². The summed E-state index contributed by atoms with van der Waals surface area (Å²) in [5.74, 6) is 0.227. The van der Waals surface area contributed by atoms with Crippen molar-refractivity contribution < 1.29 is 39.4 Å². The molecule has 0 spiro atoms. The van der Waals surface area contributed by atoms with Gasteiger partial charge in [-0.1, -0.05) is 18.2 Å². The molecule has 0 aromatic heterocycles. The van der Waals surface area contributed by atoms with Gasteiger partial charge in [-0.3, -0.25) is 0 Å². The number of aliphatic hydroxyl groups excluding tert-OH is 5. The van der Waals surface area contributed by atoms with E-state index >= 15 is 0 Å². The predicted octanol–water partition coefficient (Wildman–Crippen LogP) is 0.302. The highest BCUT2D eigenvalue weighted by atomic mass is 19.1. The van der Waals surface area contributed by atoms with E-state index in [0.29, 0.717) is 16.9 Å². The molecule has 4 atom stereocenters. The van der Waals surface area contributed by atoms with Gasteiger partial charge in [0.1, 0.15) is 41.6 Å². The highest BCUT2D eigenvalue weighted by Gasteiger charge is 2.53. The second-order valence-corrected chi connectivity index (χ2v) is 7.22. The first kappa shape index (κ1) is 21.6. The van der Waals surface area contributed by atoms with Gasteiger partial charge in [0.25, 0.3) is 0 Å². The second kappa shape index (κ2) is 8.74. The normalized spacial score (nSPS) is 26.3. The zero-order valence-corrected chi connectivity index (χ0v) is 15.9. The molecule has 1 aliphatic heterocycles. The molecule has 0 unspecified atom stereocenters. The lowest BCUT2D eigenvalue weighted by Gasteiger charge is -2.47. The minimum absolute atomic E-state index is 0.267. The summed E-state index contributed by atoms with van der Waals surface area (Å²) in [6, 6.07) is 11.3. The first-order chi connectivity index (χ1) is 13.8. The van der Waals surface area contributed by atoms with Gasteiger partial charge in [0.2, 0.25) is 0 Å². The van der Waals surface area contributed by atoms with Crippen molar-refractivity contribution in [3.63, 3.8) is 0 Å². The zero-order valence-electron chi connectivity index (χ0n) is 15.9. The highest BCUT2D eigenvalue weighted by molar-refractivity contribution is 5.35. The maximum atomic E-state index is 14.4. The lowest BCUT2D eigenvalue weighted by molar-refractivity contribution is -0.289. The summed E-state index contributed by atoms with van der Waals surface area (Å²) >= 11 is 0. The Bertz CT molecular complexity index is 822. The van der Waals surface area contributed by atoms with Crippen molar-refractivity contribution in [2.24, 2.45) is 0 Å². The van der Waals surface area contributed by atoms with E-state index in [2.05, 4.69) is 0 Å². The second-order valence-electron chi connectivity index (χ2n) is 7.22. The van der Waals surface area contributed by atoms with Gasteiger partial charge in [-0.05, 0) is 41.0 Å². The van der Waals surface area contributed by atoms with Gasteiger partial charge in [0, 0.05) is 6.42 Å². The molecule has 5 N–H and O–H groups in total. The molecule has 0 radical (unpaired) electrons. The van der Waals surface area contributed by atoms with E-state index < -0.39 is 49.0 Å². The average Bonchev–Trinajstić information content (AvgIpc) is 2.75. The Hall–Kier alpha value is -2.07. The summed E-state index contributed by atoms with van der Waals surface area (Å²) in [5.41, 5.74) is -0.335. The van der Waals surface area contributed by atoms with Gasteiger partial charge < -0.3 is 35.0 Å². The number of halogens is 1. The van der Waals surface area contributed by atoms with Crippen LogP contribution in [0.4, 0.5) is 4.39 Å². The Balaban J connectivity index is 1.91. The van der Waals surface area contributed by atoms with E-state index in [1.54, 1.807) is 31.4 Å². The first-order valence-corrected chi connectivity index (χ1v) is 9.20. The molecule has 1 fully saturated rings. The minimum Gasteiger partial charge on any atom is -0.497 e. The lowest BCUT2D eigenvalue weighted by Crippen LogP contribution is -2.65. The molecule has 29 heavy (non-hydrogen) atoms. The largest absolute Gasteiger partial charge is 0.497 e. The maximum Gasteiger partial charge on any atom is 0.143 e. The molecule has 158 valence electrons. The van der Waals surface area contributed by atoms with Gasteiger partial charge >= 0.3 is 0 Å². The summed E-state index contributed by atoms with van der Waals surface area (Å²) < 4.78 is 25.1. The van der Waals surface area contributed by atoms with Gasteiger partial charge in [0.15, 0.2) is 0 Å². The minimum atomic E-state index is -1.85. The fourth-order valence-electron chi connectivity index (χ4n) is 3.52. The van der Waals surface area contributed by atoms with Crippen LogP contribution in [0.25, 0.3) is 0 Å². The molecule has 0 amide bonds. The molecular weight excluding hydrogens is 383 g/mol.